The second-order valence-corrected chi connectivity index (χ2v) is 8.26. The van der Waals surface area contributed by atoms with Gasteiger partial charge in [0.05, 0.1) is 22.7 Å². The van der Waals surface area contributed by atoms with Crippen LogP contribution in [0, 0.1) is 10.5 Å². The predicted octanol–water partition coefficient (Wildman–Crippen LogP) is 1.48. The van der Waals surface area contributed by atoms with Gasteiger partial charge in [0.25, 0.3) is 5.91 Å². The van der Waals surface area contributed by atoms with Crippen molar-refractivity contribution in [1.82, 2.24) is 25.3 Å². The van der Waals surface area contributed by atoms with Crippen LogP contribution in [0.3, 0.4) is 0 Å². The van der Waals surface area contributed by atoms with Crippen molar-refractivity contribution in [3.63, 3.8) is 0 Å². The number of carbonyl (C=O) groups is 1. The zero-order valence-electron chi connectivity index (χ0n) is 14.9. The quantitative estimate of drug-likeness (QED) is 0.448. The zero-order valence-corrected chi connectivity index (χ0v) is 16.5. The second-order valence-electron chi connectivity index (χ2n) is 6.19. The molecule has 0 saturated heterocycles. The van der Waals surface area contributed by atoms with Gasteiger partial charge in [0.15, 0.2) is 10.8 Å². The Hall–Kier alpha value is -2.86. The van der Waals surface area contributed by atoms with Crippen LogP contribution in [0.5, 0.6) is 0 Å². The first-order valence-corrected chi connectivity index (χ1v) is 10.1. The predicted molar refractivity (Wildman–Crippen MR) is 108 cm³/mol. The number of nitrogen functional groups attached to an aromatic ring is 1. The van der Waals surface area contributed by atoms with Crippen LogP contribution in [0.1, 0.15) is 33.2 Å². The van der Waals surface area contributed by atoms with Gasteiger partial charge in [-0.2, -0.15) is 9.49 Å². The van der Waals surface area contributed by atoms with Crippen molar-refractivity contribution >= 4 is 56.0 Å². The van der Waals surface area contributed by atoms with Crippen LogP contribution in [0.15, 0.2) is 5.10 Å². The van der Waals surface area contributed by atoms with E-state index < -0.39 is 5.13 Å². The Morgan fingerprint density at radius 1 is 1.46 bits per heavy atom. The number of thiazole rings is 2. The Kier molecular flexibility index (Phi) is 4.81. The van der Waals surface area contributed by atoms with E-state index in [1.54, 1.807) is 11.6 Å². The number of nitrogens with zero attached hydrogens (tertiary/aromatic N) is 4. The maximum atomic E-state index is 13.8. The molecule has 4 rings (SSSR count). The fourth-order valence-corrected chi connectivity index (χ4v) is 4.75. The lowest BCUT2D eigenvalue weighted by Crippen LogP contribution is -2.31. The fraction of sp³-hybridized carbons (Fsp3) is 0.312. The summed E-state index contributed by atoms with van der Waals surface area (Å²) in [5, 5.41) is 15.1. The van der Waals surface area contributed by atoms with Crippen molar-refractivity contribution < 1.29 is 9.18 Å². The van der Waals surface area contributed by atoms with Crippen LogP contribution >= 0.6 is 22.7 Å². The van der Waals surface area contributed by atoms with Gasteiger partial charge in [0.1, 0.15) is 10.7 Å². The summed E-state index contributed by atoms with van der Waals surface area (Å²) in [6.45, 7) is 1.13. The number of nitrogens with two attached hydrogens (primary N) is 1. The Labute approximate surface area is 167 Å². The molecule has 0 atom stereocenters. The summed E-state index contributed by atoms with van der Waals surface area (Å²) in [4.78, 5) is 21.2. The third-order valence-corrected chi connectivity index (χ3v) is 6.16. The van der Waals surface area contributed by atoms with E-state index >= 15 is 0 Å². The molecule has 1 aliphatic rings. The van der Waals surface area contributed by atoms with Crippen LogP contribution in [0.2, 0.25) is 0 Å². The molecule has 5 N–H and O–H groups in total. The van der Waals surface area contributed by atoms with Gasteiger partial charge >= 0.3 is 0 Å². The van der Waals surface area contributed by atoms with Gasteiger partial charge < -0.3 is 26.5 Å². The van der Waals surface area contributed by atoms with E-state index in [1.165, 1.54) is 11.3 Å². The number of fused-ring (bicyclic) bond motifs is 1. The average Bonchev–Trinajstić information content (AvgIpc) is 3.41. The van der Waals surface area contributed by atoms with Crippen LogP contribution in [0.25, 0.3) is 10.3 Å². The Morgan fingerprint density at radius 2 is 2.29 bits per heavy atom. The van der Waals surface area contributed by atoms with Crippen LogP contribution in [-0.2, 0) is 13.5 Å². The third kappa shape index (κ3) is 3.24. The Morgan fingerprint density at radius 3 is 2.93 bits per heavy atom. The summed E-state index contributed by atoms with van der Waals surface area (Å²) in [5.41, 5.74) is 11.0. The van der Waals surface area contributed by atoms with Gasteiger partial charge in [-0.3, -0.25) is 4.79 Å². The molecule has 3 aromatic heterocycles. The number of nitrogens with one attached hydrogen (secondary N) is 3. The molecule has 12 heteroatoms. The average molecular weight is 420 g/mol. The van der Waals surface area contributed by atoms with Crippen molar-refractivity contribution in [3.8, 4) is 0 Å². The maximum absolute atomic E-state index is 13.8. The lowest BCUT2D eigenvalue weighted by atomic mass is 10.2. The molecule has 0 saturated carbocycles. The lowest BCUT2D eigenvalue weighted by Gasteiger charge is -2.07. The molecule has 28 heavy (non-hydrogen) atoms. The van der Waals surface area contributed by atoms with Crippen molar-refractivity contribution in [3.05, 3.63) is 27.1 Å². The van der Waals surface area contributed by atoms with E-state index in [9.17, 15) is 9.18 Å². The normalized spacial score (nSPS) is 13.6. The standard InChI is InChI=1S/C16H17FN8OS2/c1-25-11(15(26)20-6-7-2-3-21-24-7)8(5-18)12-14(25)23-10(27-12)4-9-13(17)28-16(19)22-9/h5,18,21H,2-4,6H2,1H3,(H2,19,22)(H,20,26). The zero-order chi connectivity index (χ0) is 19.8. The Bertz CT molecular complexity index is 1110. The molecule has 4 heterocycles. The van der Waals surface area contributed by atoms with Crippen LogP contribution in [0.4, 0.5) is 9.52 Å². The number of carbonyl (C=O) groups excluding carboxylic acids is 1. The first-order chi connectivity index (χ1) is 13.5. The topological polar surface area (TPSA) is 134 Å². The minimum absolute atomic E-state index is 0.176. The van der Waals surface area contributed by atoms with Crippen LogP contribution in [-0.4, -0.2) is 45.5 Å². The van der Waals surface area contributed by atoms with Gasteiger partial charge in [-0.05, 0) is 0 Å². The van der Waals surface area contributed by atoms with Gasteiger partial charge in [0, 0.05) is 38.2 Å². The van der Waals surface area contributed by atoms with Crippen molar-refractivity contribution in [2.24, 2.45) is 12.1 Å². The van der Waals surface area contributed by atoms with E-state index in [0.29, 0.717) is 33.2 Å². The molecular weight excluding hydrogens is 403 g/mol. The Balaban J connectivity index is 1.62. The van der Waals surface area contributed by atoms with E-state index in [2.05, 4.69) is 25.8 Å². The third-order valence-electron chi connectivity index (χ3n) is 4.37. The van der Waals surface area contributed by atoms with Gasteiger partial charge in [0.2, 0.25) is 5.13 Å². The number of hydrogen-bond acceptors (Lipinski definition) is 9. The highest BCUT2D eigenvalue weighted by molar-refractivity contribution is 7.19. The van der Waals surface area contributed by atoms with Gasteiger partial charge in [-0.25, -0.2) is 9.97 Å². The van der Waals surface area contributed by atoms with E-state index in [4.69, 9.17) is 11.1 Å². The fourth-order valence-electron chi connectivity index (χ4n) is 3.06. The highest BCUT2D eigenvalue weighted by atomic mass is 32.1. The number of hydrogen-bond donors (Lipinski definition) is 4. The number of halogens is 1. The molecule has 1 aliphatic heterocycles. The van der Waals surface area contributed by atoms with Crippen LogP contribution < -0.4 is 16.5 Å². The summed E-state index contributed by atoms with van der Waals surface area (Å²) in [7, 11) is 1.73. The summed E-state index contributed by atoms with van der Waals surface area (Å²) in [6.07, 6.45) is 2.16. The molecule has 0 bridgehead atoms. The van der Waals surface area contributed by atoms with Gasteiger partial charge in [-0.15, -0.1) is 11.3 Å². The summed E-state index contributed by atoms with van der Waals surface area (Å²) < 4.78 is 16.2. The van der Waals surface area contributed by atoms with Crippen molar-refractivity contribution in [2.45, 2.75) is 12.8 Å². The van der Waals surface area contributed by atoms with E-state index in [1.807, 2.05) is 0 Å². The highest BCUT2D eigenvalue weighted by Gasteiger charge is 2.24. The molecule has 0 spiro atoms. The summed E-state index contributed by atoms with van der Waals surface area (Å²) in [5.74, 6) is -0.291. The molecule has 0 fully saturated rings. The second kappa shape index (κ2) is 7.28. The molecule has 0 aromatic carbocycles. The first-order valence-electron chi connectivity index (χ1n) is 8.43. The summed E-state index contributed by atoms with van der Waals surface area (Å²) in [6, 6.07) is 0. The van der Waals surface area contributed by atoms with E-state index in [-0.39, 0.29) is 23.2 Å². The number of rotatable bonds is 6. The number of anilines is 1. The minimum Gasteiger partial charge on any atom is -0.375 e. The SMILES string of the molecule is Cn1c(C(=O)NCC2=NNCC2)c(C=N)c2sc(Cc3nc(N)sc3F)nc21. The van der Waals surface area contributed by atoms with Gasteiger partial charge in [-0.1, -0.05) is 11.3 Å². The number of aromatic nitrogens is 3. The van der Waals surface area contributed by atoms with E-state index in [0.717, 1.165) is 36.2 Å². The summed E-state index contributed by atoms with van der Waals surface area (Å²) >= 11 is 2.12. The molecule has 3 aromatic rings. The largest absolute Gasteiger partial charge is 0.375 e. The molecule has 146 valence electrons. The van der Waals surface area contributed by atoms with Crippen molar-refractivity contribution in [2.75, 3.05) is 18.8 Å². The molecule has 0 unspecified atom stereocenters. The smallest absolute Gasteiger partial charge is 0.269 e. The maximum Gasteiger partial charge on any atom is 0.269 e. The minimum atomic E-state index is -0.423. The number of hydrazone groups is 1. The van der Waals surface area contributed by atoms with Crippen molar-refractivity contribution in [1.29, 1.82) is 5.41 Å². The molecule has 1 amide bonds. The monoisotopic (exact) mass is 420 g/mol. The molecule has 0 radical (unpaired) electrons. The lowest BCUT2D eigenvalue weighted by molar-refractivity contribution is 0.0951. The molecule has 9 nitrogen and oxygen atoms in total. The molecule has 0 aliphatic carbocycles. The number of amides is 1. The number of aryl methyl sites for hydroxylation is 1. The molecular formula is C16H17FN8OS2. The first kappa shape index (κ1) is 18.5. The highest BCUT2D eigenvalue weighted by Crippen LogP contribution is 2.31.